The van der Waals surface area contributed by atoms with E-state index in [1.807, 2.05) is 19.3 Å². The van der Waals surface area contributed by atoms with Gasteiger partial charge in [-0.2, -0.15) is 0 Å². The molecule has 2 aliphatic rings. The molecule has 2 saturated heterocycles. The van der Waals surface area contributed by atoms with E-state index in [0.29, 0.717) is 12.1 Å². The normalized spacial score (nSPS) is 22.5. The smallest absolute Gasteiger partial charge is 0.191 e. The van der Waals surface area contributed by atoms with Crippen LogP contribution >= 0.6 is 24.0 Å². The van der Waals surface area contributed by atoms with Crippen molar-refractivity contribution in [3.05, 3.63) is 30.1 Å². The second-order valence-electron chi connectivity index (χ2n) is 7.75. The molecular weight excluding hydrogens is 463 g/mol. The summed E-state index contributed by atoms with van der Waals surface area (Å²) in [6.07, 6.45) is 8.17. The average Bonchev–Trinajstić information content (AvgIpc) is 2.73. The van der Waals surface area contributed by atoms with Gasteiger partial charge in [-0.3, -0.25) is 19.8 Å². The summed E-state index contributed by atoms with van der Waals surface area (Å²) in [4.78, 5) is 14.0. The summed E-state index contributed by atoms with van der Waals surface area (Å²) in [5, 5.41) is 7.22. The third kappa shape index (κ3) is 7.15. The number of likely N-dealkylation sites (N-methyl/N-ethyl adjacent to an activating group) is 1. The van der Waals surface area contributed by atoms with Gasteiger partial charge in [0, 0.05) is 51.5 Å². The van der Waals surface area contributed by atoms with Crippen molar-refractivity contribution in [2.75, 3.05) is 39.8 Å². The van der Waals surface area contributed by atoms with Gasteiger partial charge in [0.05, 0.1) is 5.69 Å². The Bertz CT molecular complexity index is 574. The Labute approximate surface area is 187 Å². The minimum atomic E-state index is 0. The molecule has 0 aromatic carbocycles. The Kier molecular flexibility index (Phi) is 10.5. The first-order chi connectivity index (χ1) is 13.3. The van der Waals surface area contributed by atoms with Gasteiger partial charge in [0.1, 0.15) is 0 Å². The van der Waals surface area contributed by atoms with Crippen LogP contribution in [0.2, 0.25) is 0 Å². The molecule has 1 aromatic rings. The lowest BCUT2D eigenvalue weighted by Gasteiger charge is -2.36. The van der Waals surface area contributed by atoms with E-state index in [0.717, 1.165) is 57.2 Å². The van der Waals surface area contributed by atoms with Crippen LogP contribution in [-0.4, -0.2) is 72.6 Å². The molecule has 0 saturated carbocycles. The molecule has 158 valence electrons. The van der Waals surface area contributed by atoms with Crippen LogP contribution < -0.4 is 10.6 Å². The van der Waals surface area contributed by atoms with Crippen LogP contribution in [0.5, 0.6) is 0 Å². The molecule has 0 amide bonds. The fraction of sp³-hybridized carbons (Fsp3) is 0.714. The van der Waals surface area contributed by atoms with Crippen LogP contribution in [0.15, 0.2) is 29.4 Å². The van der Waals surface area contributed by atoms with Crippen LogP contribution in [0.25, 0.3) is 0 Å². The quantitative estimate of drug-likeness (QED) is 0.358. The van der Waals surface area contributed by atoms with Crippen LogP contribution in [0, 0.1) is 0 Å². The summed E-state index contributed by atoms with van der Waals surface area (Å²) in [5.41, 5.74) is 1.16. The number of aromatic nitrogens is 1. The van der Waals surface area contributed by atoms with Crippen molar-refractivity contribution in [1.82, 2.24) is 25.4 Å². The maximum absolute atomic E-state index is 4.46. The molecule has 1 aromatic heterocycles. The van der Waals surface area contributed by atoms with Crippen LogP contribution in [0.4, 0.5) is 0 Å². The van der Waals surface area contributed by atoms with Gasteiger partial charge >= 0.3 is 0 Å². The van der Waals surface area contributed by atoms with Crippen LogP contribution in [0.1, 0.15) is 44.7 Å². The first-order valence-corrected chi connectivity index (χ1v) is 10.6. The Morgan fingerprint density at radius 2 is 2.00 bits per heavy atom. The van der Waals surface area contributed by atoms with Crippen LogP contribution in [0.3, 0.4) is 0 Å². The molecule has 7 heteroatoms. The van der Waals surface area contributed by atoms with Crippen LogP contribution in [-0.2, 0) is 6.54 Å². The van der Waals surface area contributed by atoms with Gasteiger partial charge in [0.15, 0.2) is 5.96 Å². The van der Waals surface area contributed by atoms with Crippen molar-refractivity contribution in [2.24, 2.45) is 4.99 Å². The molecule has 0 aliphatic carbocycles. The highest BCUT2D eigenvalue weighted by molar-refractivity contribution is 14.0. The summed E-state index contributed by atoms with van der Waals surface area (Å²) >= 11 is 0. The average molecular weight is 500 g/mol. The summed E-state index contributed by atoms with van der Waals surface area (Å²) in [6, 6.07) is 7.30. The summed E-state index contributed by atoms with van der Waals surface area (Å²) in [7, 11) is 1.88. The predicted octanol–water partition coefficient (Wildman–Crippen LogP) is 2.70. The molecule has 2 N–H and O–H groups in total. The van der Waals surface area contributed by atoms with Crippen molar-refractivity contribution < 1.29 is 0 Å². The fourth-order valence-corrected chi connectivity index (χ4v) is 4.27. The minimum Gasteiger partial charge on any atom is -0.355 e. The van der Waals surface area contributed by atoms with Crippen molar-refractivity contribution in [3.8, 4) is 0 Å². The molecule has 3 heterocycles. The number of guanidine groups is 1. The van der Waals surface area contributed by atoms with E-state index in [1.54, 1.807) is 0 Å². The second-order valence-corrected chi connectivity index (χ2v) is 7.75. The molecule has 6 nitrogen and oxygen atoms in total. The largest absolute Gasteiger partial charge is 0.355 e. The van der Waals surface area contributed by atoms with E-state index in [-0.39, 0.29) is 24.0 Å². The molecule has 1 unspecified atom stereocenters. The lowest BCUT2D eigenvalue weighted by molar-refractivity contribution is 0.157. The van der Waals surface area contributed by atoms with E-state index in [4.69, 9.17) is 0 Å². The Balaban J connectivity index is 0.00000280. The molecule has 28 heavy (non-hydrogen) atoms. The summed E-state index contributed by atoms with van der Waals surface area (Å²) in [6.45, 7) is 8.82. The van der Waals surface area contributed by atoms with Crippen molar-refractivity contribution in [2.45, 2.75) is 57.7 Å². The number of nitrogens with one attached hydrogen (secondary N) is 2. The summed E-state index contributed by atoms with van der Waals surface area (Å²) in [5.74, 6) is 0.958. The number of nitrogens with zero attached hydrogens (tertiary/aromatic N) is 4. The van der Waals surface area contributed by atoms with E-state index in [1.165, 1.54) is 25.8 Å². The maximum Gasteiger partial charge on any atom is 0.191 e. The van der Waals surface area contributed by atoms with Gasteiger partial charge < -0.3 is 10.6 Å². The number of hydrogen-bond donors (Lipinski definition) is 2. The Hall–Kier alpha value is -0.930. The molecule has 2 aliphatic heterocycles. The van der Waals surface area contributed by atoms with Crippen molar-refractivity contribution in [3.63, 3.8) is 0 Å². The highest BCUT2D eigenvalue weighted by Crippen LogP contribution is 2.16. The first-order valence-electron chi connectivity index (χ1n) is 10.6. The van der Waals surface area contributed by atoms with Gasteiger partial charge in [0.25, 0.3) is 0 Å². The van der Waals surface area contributed by atoms with Gasteiger partial charge in [0.2, 0.25) is 0 Å². The predicted molar refractivity (Wildman–Crippen MR) is 127 cm³/mol. The number of piperidine rings is 2. The van der Waals surface area contributed by atoms with Gasteiger partial charge in [-0.25, -0.2) is 0 Å². The Morgan fingerprint density at radius 1 is 1.18 bits per heavy atom. The number of hydrogen-bond acceptors (Lipinski definition) is 4. The molecule has 0 radical (unpaired) electrons. The standard InChI is InChI=1S/C21H36N6.HI/c1-3-27-13-7-5-9-20(27)16-24-21(22-2)25-18-10-14-26(15-11-18)17-19-8-4-6-12-23-19;/h4,6,8,12,18,20H,3,5,7,9-11,13-17H2,1-2H3,(H2,22,24,25);1H. The number of rotatable bonds is 6. The third-order valence-electron chi connectivity index (χ3n) is 5.92. The molecule has 2 fully saturated rings. The second kappa shape index (κ2) is 12.6. The monoisotopic (exact) mass is 500 g/mol. The summed E-state index contributed by atoms with van der Waals surface area (Å²) < 4.78 is 0. The molecule has 3 rings (SSSR count). The number of halogens is 1. The SMILES string of the molecule is CCN1CCCCC1CNC(=NC)NC1CCN(Cc2ccccn2)CC1.I. The lowest BCUT2D eigenvalue weighted by atomic mass is 10.0. The maximum atomic E-state index is 4.46. The van der Waals surface area contributed by atoms with E-state index >= 15 is 0 Å². The fourth-order valence-electron chi connectivity index (χ4n) is 4.27. The zero-order valence-electron chi connectivity index (χ0n) is 17.4. The lowest BCUT2D eigenvalue weighted by Crippen LogP contribution is -2.52. The number of pyridine rings is 1. The molecule has 0 bridgehead atoms. The number of aliphatic imine (C=N–C) groups is 1. The third-order valence-corrected chi connectivity index (χ3v) is 5.92. The van der Waals surface area contributed by atoms with Crippen molar-refractivity contribution >= 4 is 29.9 Å². The van der Waals surface area contributed by atoms with Gasteiger partial charge in [-0.1, -0.05) is 19.4 Å². The van der Waals surface area contributed by atoms with E-state index in [9.17, 15) is 0 Å². The molecule has 0 spiro atoms. The highest BCUT2D eigenvalue weighted by Gasteiger charge is 2.23. The number of likely N-dealkylation sites (tertiary alicyclic amines) is 2. The van der Waals surface area contributed by atoms with Crippen molar-refractivity contribution in [1.29, 1.82) is 0 Å². The molecule has 1 atom stereocenters. The van der Waals surface area contributed by atoms with E-state index < -0.39 is 0 Å². The van der Waals surface area contributed by atoms with Gasteiger partial charge in [-0.05, 0) is 50.9 Å². The minimum absolute atomic E-state index is 0. The first kappa shape index (κ1) is 23.3. The van der Waals surface area contributed by atoms with E-state index in [2.05, 4.69) is 49.5 Å². The zero-order valence-corrected chi connectivity index (χ0v) is 19.8. The highest BCUT2D eigenvalue weighted by atomic mass is 127. The topological polar surface area (TPSA) is 55.8 Å². The zero-order chi connectivity index (χ0) is 18.9. The van der Waals surface area contributed by atoms with Gasteiger partial charge in [-0.15, -0.1) is 24.0 Å². The molecular formula is C21H37IN6. The Morgan fingerprint density at radius 3 is 2.68 bits per heavy atom.